The van der Waals surface area contributed by atoms with Crippen molar-refractivity contribution < 1.29 is 9.94 Å². The van der Waals surface area contributed by atoms with Crippen LogP contribution in [0, 0.1) is 13.8 Å². The Morgan fingerprint density at radius 3 is 2.48 bits per heavy atom. The van der Waals surface area contributed by atoms with Crippen LogP contribution in [0.2, 0.25) is 0 Å². The molecule has 2 aromatic carbocycles. The number of nitrogens with zero attached hydrogens (tertiary/aromatic N) is 1. The summed E-state index contributed by atoms with van der Waals surface area (Å²) < 4.78 is 6.00. The summed E-state index contributed by atoms with van der Waals surface area (Å²) in [6.45, 7) is 4.04. The number of hydrogen-bond donors (Lipinski definition) is 2. The van der Waals surface area contributed by atoms with Crippen LogP contribution < -0.4 is 10.5 Å². The fraction of sp³-hybridized carbons (Fsp3) is 0.188. The molecule has 5 heteroatoms. The minimum atomic E-state index is 0.0419. The molecule has 0 amide bonds. The van der Waals surface area contributed by atoms with E-state index in [1.165, 1.54) is 11.8 Å². The van der Waals surface area contributed by atoms with Gasteiger partial charge in [0.25, 0.3) is 0 Å². The zero-order valence-electron chi connectivity index (χ0n) is 12.3. The maximum atomic E-state index is 9.00. The average molecular weight is 302 g/mol. The SMILES string of the molecule is CSc1cccc(Oc2cccc(C)c2C)c1/C(N)=N/O. The normalized spacial score (nSPS) is 11.5. The topological polar surface area (TPSA) is 67.8 Å². The molecule has 0 spiro atoms. The molecule has 2 aromatic rings. The number of hydrogen-bond acceptors (Lipinski definition) is 4. The van der Waals surface area contributed by atoms with Crippen molar-refractivity contribution in [2.75, 3.05) is 6.26 Å². The van der Waals surface area contributed by atoms with Crippen molar-refractivity contribution >= 4 is 17.6 Å². The van der Waals surface area contributed by atoms with Gasteiger partial charge in [-0.2, -0.15) is 0 Å². The molecular formula is C16H18N2O2S. The molecule has 0 fully saturated rings. The van der Waals surface area contributed by atoms with Gasteiger partial charge in [-0.3, -0.25) is 0 Å². The van der Waals surface area contributed by atoms with Crippen molar-refractivity contribution in [1.29, 1.82) is 0 Å². The van der Waals surface area contributed by atoms with Crippen LogP contribution in [0.25, 0.3) is 0 Å². The molecule has 2 rings (SSSR count). The predicted molar refractivity (Wildman–Crippen MR) is 86.7 cm³/mol. The summed E-state index contributed by atoms with van der Waals surface area (Å²) in [5, 5.41) is 12.1. The van der Waals surface area contributed by atoms with Gasteiger partial charge in [0.05, 0.1) is 5.56 Å². The zero-order valence-corrected chi connectivity index (χ0v) is 13.1. The third kappa shape index (κ3) is 3.13. The van der Waals surface area contributed by atoms with Crippen molar-refractivity contribution in [2.24, 2.45) is 10.9 Å². The van der Waals surface area contributed by atoms with E-state index in [9.17, 15) is 0 Å². The minimum Gasteiger partial charge on any atom is -0.456 e. The van der Waals surface area contributed by atoms with E-state index in [4.69, 9.17) is 15.7 Å². The quantitative estimate of drug-likeness (QED) is 0.295. The second kappa shape index (κ2) is 6.54. The van der Waals surface area contributed by atoms with Crippen molar-refractivity contribution in [3.63, 3.8) is 0 Å². The smallest absolute Gasteiger partial charge is 0.175 e. The fourth-order valence-corrected chi connectivity index (χ4v) is 2.65. The number of nitrogens with two attached hydrogens (primary N) is 1. The minimum absolute atomic E-state index is 0.0419. The van der Waals surface area contributed by atoms with Crippen molar-refractivity contribution in [3.05, 3.63) is 53.1 Å². The van der Waals surface area contributed by atoms with Crippen LogP contribution in [0.1, 0.15) is 16.7 Å². The number of rotatable bonds is 4. The maximum absolute atomic E-state index is 9.00. The van der Waals surface area contributed by atoms with Gasteiger partial charge in [-0.1, -0.05) is 23.4 Å². The van der Waals surface area contributed by atoms with Crippen LogP contribution in [-0.4, -0.2) is 17.3 Å². The van der Waals surface area contributed by atoms with Gasteiger partial charge in [0.1, 0.15) is 11.5 Å². The molecule has 0 aliphatic heterocycles. The van der Waals surface area contributed by atoms with E-state index in [0.29, 0.717) is 11.3 Å². The summed E-state index contributed by atoms with van der Waals surface area (Å²) >= 11 is 1.52. The summed E-state index contributed by atoms with van der Waals surface area (Å²) in [7, 11) is 0. The molecule has 0 atom stereocenters. The van der Waals surface area contributed by atoms with E-state index in [0.717, 1.165) is 21.8 Å². The lowest BCUT2D eigenvalue weighted by molar-refractivity contribution is 0.318. The van der Waals surface area contributed by atoms with E-state index in [2.05, 4.69) is 5.16 Å². The molecule has 21 heavy (non-hydrogen) atoms. The number of amidine groups is 1. The van der Waals surface area contributed by atoms with E-state index in [-0.39, 0.29) is 5.84 Å². The third-order valence-corrected chi connectivity index (χ3v) is 4.13. The standard InChI is InChI=1S/C16H18N2O2S/c1-10-6-4-7-12(11(10)2)20-13-8-5-9-14(21-3)15(13)16(17)18-19/h4-9,19H,1-3H3,(H2,17,18). The molecule has 0 saturated carbocycles. The Kier molecular flexibility index (Phi) is 4.75. The first-order chi connectivity index (χ1) is 10.1. The molecule has 0 radical (unpaired) electrons. The lowest BCUT2D eigenvalue weighted by Gasteiger charge is -2.15. The highest BCUT2D eigenvalue weighted by atomic mass is 32.2. The monoisotopic (exact) mass is 302 g/mol. The van der Waals surface area contributed by atoms with Gasteiger partial charge >= 0.3 is 0 Å². The third-order valence-electron chi connectivity index (χ3n) is 3.35. The summed E-state index contributed by atoms with van der Waals surface area (Å²) in [5.74, 6) is 1.38. The Morgan fingerprint density at radius 1 is 1.14 bits per heavy atom. The molecule has 0 bridgehead atoms. The lowest BCUT2D eigenvalue weighted by Crippen LogP contribution is -2.15. The molecule has 0 unspecified atom stereocenters. The molecule has 3 N–H and O–H groups in total. The molecule has 4 nitrogen and oxygen atoms in total. The van der Waals surface area contributed by atoms with E-state index in [1.807, 2.05) is 56.5 Å². The van der Waals surface area contributed by atoms with Crippen molar-refractivity contribution in [1.82, 2.24) is 0 Å². The van der Waals surface area contributed by atoms with Gasteiger partial charge in [0.15, 0.2) is 5.84 Å². The van der Waals surface area contributed by atoms with Gasteiger partial charge in [0.2, 0.25) is 0 Å². The molecular weight excluding hydrogens is 284 g/mol. The summed E-state index contributed by atoms with van der Waals surface area (Å²) in [5.41, 5.74) is 8.62. The fourth-order valence-electron chi connectivity index (χ4n) is 2.02. The first kappa shape index (κ1) is 15.3. The second-order valence-electron chi connectivity index (χ2n) is 4.62. The van der Waals surface area contributed by atoms with Gasteiger partial charge in [-0.25, -0.2) is 0 Å². The molecule has 0 aliphatic carbocycles. The Balaban J connectivity index is 2.52. The van der Waals surface area contributed by atoms with Crippen LogP contribution in [0.4, 0.5) is 0 Å². The molecule has 110 valence electrons. The van der Waals surface area contributed by atoms with Gasteiger partial charge in [0, 0.05) is 4.90 Å². The zero-order chi connectivity index (χ0) is 15.4. The van der Waals surface area contributed by atoms with Crippen LogP contribution in [0.3, 0.4) is 0 Å². The van der Waals surface area contributed by atoms with Gasteiger partial charge in [-0.15, -0.1) is 11.8 Å². The predicted octanol–water partition coefficient (Wildman–Crippen LogP) is 3.91. The second-order valence-corrected chi connectivity index (χ2v) is 5.47. The number of benzene rings is 2. The average Bonchev–Trinajstić information content (AvgIpc) is 2.50. The molecule has 0 saturated heterocycles. The Labute approximate surface area is 128 Å². The van der Waals surface area contributed by atoms with E-state index in [1.54, 1.807) is 0 Å². The highest BCUT2D eigenvalue weighted by molar-refractivity contribution is 7.98. The van der Waals surface area contributed by atoms with E-state index >= 15 is 0 Å². The van der Waals surface area contributed by atoms with Crippen molar-refractivity contribution in [2.45, 2.75) is 18.7 Å². The van der Waals surface area contributed by atoms with Crippen LogP contribution in [0.5, 0.6) is 11.5 Å². The number of thioether (sulfide) groups is 1. The van der Waals surface area contributed by atoms with Crippen molar-refractivity contribution in [3.8, 4) is 11.5 Å². The largest absolute Gasteiger partial charge is 0.456 e. The number of ether oxygens (including phenoxy) is 1. The number of oxime groups is 1. The highest BCUT2D eigenvalue weighted by Gasteiger charge is 2.15. The lowest BCUT2D eigenvalue weighted by atomic mass is 10.1. The Hall–Kier alpha value is -2.14. The highest BCUT2D eigenvalue weighted by Crippen LogP contribution is 2.33. The first-order valence-electron chi connectivity index (χ1n) is 6.47. The molecule has 0 aromatic heterocycles. The molecule has 0 heterocycles. The summed E-state index contributed by atoms with van der Waals surface area (Å²) in [6.07, 6.45) is 1.94. The first-order valence-corrected chi connectivity index (χ1v) is 7.70. The van der Waals surface area contributed by atoms with Crippen LogP contribution in [-0.2, 0) is 0 Å². The summed E-state index contributed by atoms with van der Waals surface area (Å²) in [6, 6.07) is 11.5. The Morgan fingerprint density at radius 2 is 1.81 bits per heavy atom. The van der Waals surface area contributed by atoms with Gasteiger partial charge in [-0.05, 0) is 49.4 Å². The molecule has 0 aliphatic rings. The van der Waals surface area contributed by atoms with Crippen LogP contribution in [0.15, 0.2) is 46.4 Å². The number of aryl methyl sites for hydroxylation is 1. The van der Waals surface area contributed by atoms with Crippen LogP contribution >= 0.6 is 11.8 Å². The Bertz CT molecular complexity index is 684. The van der Waals surface area contributed by atoms with Gasteiger partial charge < -0.3 is 15.7 Å². The van der Waals surface area contributed by atoms with E-state index < -0.39 is 0 Å². The maximum Gasteiger partial charge on any atom is 0.175 e. The summed E-state index contributed by atoms with van der Waals surface area (Å²) in [4.78, 5) is 0.896.